The largest absolute Gasteiger partial charge is 0.434 e. The van der Waals surface area contributed by atoms with E-state index >= 15 is 0 Å². The van der Waals surface area contributed by atoms with Crippen molar-refractivity contribution in [1.29, 1.82) is 0 Å². The third kappa shape index (κ3) is 2.95. The summed E-state index contributed by atoms with van der Waals surface area (Å²) in [6, 6.07) is 0. The summed E-state index contributed by atoms with van der Waals surface area (Å²) in [5.41, 5.74) is 1.73. The van der Waals surface area contributed by atoms with E-state index in [9.17, 15) is 13.2 Å². The maximum Gasteiger partial charge on any atom is 0.434 e. The Labute approximate surface area is 103 Å². The van der Waals surface area contributed by atoms with Crippen LogP contribution in [0.4, 0.5) is 18.3 Å². The van der Waals surface area contributed by atoms with Crippen molar-refractivity contribution in [1.82, 2.24) is 9.97 Å². The number of alkyl halides is 3. The van der Waals surface area contributed by atoms with Gasteiger partial charge in [0, 0.05) is 10.3 Å². The molecule has 0 fully saturated rings. The third-order valence-electron chi connectivity index (χ3n) is 2.04. The molecule has 0 saturated heterocycles. The topological polar surface area (TPSA) is 37.8 Å². The average molecular weight is 279 g/mol. The number of halogens is 3. The zero-order valence-corrected chi connectivity index (χ0v) is 10.3. The molecule has 0 aromatic carbocycles. The first-order valence-electron chi connectivity index (χ1n) is 4.62. The number of aryl methyl sites for hydroxylation is 1. The Hall–Kier alpha value is -1.15. The smallest absolute Gasteiger partial charge is 0.357 e. The minimum Gasteiger partial charge on any atom is -0.357 e. The fraction of sp³-hybridized carbons (Fsp3) is 0.333. The molecule has 1 N–H and O–H groups in total. The second kappa shape index (κ2) is 4.61. The molecule has 0 atom stereocenters. The molecule has 2 aromatic heterocycles. The van der Waals surface area contributed by atoms with Crippen LogP contribution in [-0.4, -0.2) is 9.97 Å². The van der Waals surface area contributed by atoms with Crippen LogP contribution in [-0.2, 0) is 12.7 Å². The van der Waals surface area contributed by atoms with Crippen molar-refractivity contribution in [2.24, 2.45) is 0 Å². The van der Waals surface area contributed by atoms with Gasteiger partial charge in [-0.1, -0.05) is 0 Å². The first-order chi connectivity index (χ1) is 7.97. The lowest BCUT2D eigenvalue weighted by Crippen LogP contribution is -2.06. The van der Waals surface area contributed by atoms with Crippen molar-refractivity contribution in [2.75, 3.05) is 5.32 Å². The lowest BCUT2D eigenvalue weighted by atomic mass is 10.4. The molecule has 0 aliphatic rings. The van der Waals surface area contributed by atoms with Gasteiger partial charge in [-0.15, -0.1) is 22.7 Å². The minimum atomic E-state index is -4.38. The highest BCUT2D eigenvalue weighted by Gasteiger charge is 2.33. The quantitative estimate of drug-likeness (QED) is 0.933. The van der Waals surface area contributed by atoms with Crippen LogP contribution in [0.5, 0.6) is 0 Å². The van der Waals surface area contributed by atoms with Crippen LogP contribution in [0.2, 0.25) is 0 Å². The molecule has 8 heteroatoms. The maximum atomic E-state index is 12.3. The standard InChI is InChI=1S/C9H8F3N3S2/c1-5-6(17-4-14-5)2-13-8-15-7(3-16-8)9(10,11)12/h3-4H,2H2,1H3,(H,13,15). The van der Waals surface area contributed by atoms with Crippen LogP contribution >= 0.6 is 22.7 Å². The van der Waals surface area contributed by atoms with Gasteiger partial charge in [0.05, 0.1) is 17.7 Å². The second-order valence-electron chi connectivity index (χ2n) is 3.25. The summed E-state index contributed by atoms with van der Waals surface area (Å²) in [5, 5.41) is 4.13. The van der Waals surface area contributed by atoms with Gasteiger partial charge in [-0.2, -0.15) is 13.2 Å². The lowest BCUT2D eigenvalue weighted by Gasteiger charge is -2.02. The highest BCUT2D eigenvalue weighted by Crippen LogP contribution is 2.31. The van der Waals surface area contributed by atoms with Gasteiger partial charge >= 0.3 is 6.18 Å². The van der Waals surface area contributed by atoms with Gasteiger partial charge in [-0.3, -0.25) is 0 Å². The molecule has 2 aromatic rings. The van der Waals surface area contributed by atoms with Crippen molar-refractivity contribution in [3.05, 3.63) is 27.2 Å². The molecule has 0 unspecified atom stereocenters. The SMILES string of the molecule is Cc1ncsc1CNc1nc(C(F)(F)F)cs1. The number of aromatic nitrogens is 2. The highest BCUT2D eigenvalue weighted by atomic mass is 32.1. The van der Waals surface area contributed by atoms with Crippen LogP contribution in [0, 0.1) is 6.92 Å². The fourth-order valence-corrected chi connectivity index (χ4v) is 2.57. The van der Waals surface area contributed by atoms with E-state index < -0.39 is 11.9 Å². The summed E-state index contributed by atoms with van der Waals surface area (Å²) < 4.78 is 36.9. The molecule has 92 valence electrons. The van der Waals surface area contributed by atoms with E-state index in [4.69, 9.17) is 0 Å². The summed E-state index contributed by atoms with van der Waals surface area (Å²) in [5.74, 6) is 0. The average Bonchev–Trinajstić information content (AvgIpc) is 2.82. The molecular weight excluding hydrogens is 271 g/mol. The van der Waals surface area contributed by atoms with E-state index in [1.54, 1.807) is 5.51 Å². The zero-order valence-electron chi connectivity index (χ0n) is 8.71. The van der Waals surface area contributed by atoms with Gasteiger partial charge in [0.15, 0.2) is 10.8 Å². The summed E-state index contributed by atoms with van der Waals surface area (Å²) in [4.78, 5) is 8.53. The van der Waals surface area contributed by atoms with E-state index in [0.717, 1.165) is 27.3 Å². The molecular formula is C9H8F3N3S2. The van der Waals surface area contributed by atoms with Gasteiger partial charge < -0.3 is 5.32 Å². The Balaban J connectivity index is 2.01. The molecule has 0 radical (unpaired) electrons. The fourth-order valence-electron chi connectivity index (χ4n) is 1.14. The van der Waals surface area contributed by atoms with E-state index in [-0.39, 0.29) is 5.13 Å². The molecule has 0 aliphatic heterocycles. The molecule has 0 aliphatic carbocycles. The Morgan fingerprint density at radius 1 is 1.35 bits per heavy atom. The molecule has 17 heavy (non-hydrogen) atoms. The van der Waals surface area contributed by atoms with Crippen LogP contribution < -0.4 is 5.32 Å². The third-order valence-corrected chi connectivity index (χ3v) is 3.77. The van der Waals surface area contributed by atoms with Crippen molar-refractivity contribution < 1.29 is 13.2 Å². The van der Waals surface area contributed by atoms with Gasteiger partial charge in [-0.05, 0) is 6.92 Å². The minimum absolute atomic E-state index is 0.269. The van der Waals surface area contributed by atoms with Crippen molar-refractivity contribution in [3.8, 4) is 0 Å². The first kappa shape index (κ1) is 12.3. The highest BCUT2D eigenvalue weighted by molar-refractivity contribution is 7.13. The molecule has 0 bridgehead atoms. The van der Waals surface area contributed by atoms with Gasteiger partial charge in [0.25, 0.3) is 0 Å². The predicted molar refractivity (Wildman–Crippen MR) is 61.3 cm³/mol. The van der Waals surface area contributed by atoms with Crippen molar-refractivity contribution >= 4 is 27.8 Å². The van der Waals surface area contributed by atoms with Crippen molar-refractivity contribution in [2.45, 2.75) is 19.6 Å². The van der Waals surface area contributed by atoms with Crippen LogP contribution in [0.25, 0.3) is 0 Å². The van der Waals surface area contributed by atoms with Crippen molar-refractivity contribution in [3.63, 3.8) is 0 Å². The van der Waals surface area contributed by atoms with E-state index in [0.29, 0.717) is 6.54 Å². The normalized spacial score (nSPS) is 11.8. The first-order valence-corrected chi connectivity index (χ1v) is 6.38. The number of nitrogens with zero attached hydrogens (tertiary/aromatic N) is 2. The summed E-state index contributed by atoms with van der Waals surface area (Å²) in [7, 11) is 0. The Bertz CT molecular complexity index is 504. The summed E-state index contributed by atoms with van der Waals surface area (Å²) >= 11 is 2.41. The van der Waals surface area contributed by atoms with Crippen LogP contribution in [0.15, 0.2) is 10.9 Å². The van der Waals surface area contributed by atoms with E-state index in [1.807, 2.05) is 6.92 Å². The van der Waals surface area contributed by atoms with Gasteiger partial charge in [0.2, 0.25) is 0 Å². The molecule has 3 nitrogen and oxygen atoms in total. The molecule has 0 amide bonds. The van der Waals surface area contributed by atoms with Gasteiger partial charge in [-0.25, -0.2) is 9.97 Å². The number of anilines is 1. The van der Waals surface area contributed by atoms with E-state index in [2.05, 4.69) is 15.3 Å². The number of nitrogens with one attached hydrogen (secondary N) is 1. The molecule has 0 saturated carbocycles. The number of rotatable bonds is 3. The number of thiazole rings is 2. The summed E-state index contributed by atoms with van der Waals surface area (Å²) in [6.07, 6.45) is -4.38. The van der Waals surface area contributed by atoms with Gasteiger partial charge in [0.1, 0.15) is 0 Å². The number of hydrogen-bond acceptors (Lipinski definition) is 5. The monoisotopic (exact) mass is 279 g/mol. The summed E-state index contributed by atoms with van der Waals surface area (Å²) in [6.45, 7) is 2.30. The van der Waals surface area contributed by atoms with Crippen LogP contribution in [0.3, 0.4) is 0 Å². The van der Waals surface area contributed by atoms with Crippen LogP contribution in [0.1, 0.15) is 16.3 Å². The Kier molecular flexibility index (Phi) is 3.34. The lowest BCUT2D eigenvalue weighted by molar-refractivity contribution is -0.140. The molecule has 2 heterocycles. The number of hydrogen-bond donors (Lipinski definition) is 1. The Morgan fingerprint density at radius 3 is 2.65 bits per heavy atom. The zero-order chi connectivity index (χ0) is 12.5. The van der Waals surface area contributed by atoms with E-state index in [1.165, 1.54) is 11.3 Å². The second-order valence-corrected chi connectivity index (χ2v) is 5.05. The Morgan fingerprint density at radius 2 is 2.12 bits per heavy atom. The predicted octanol–water partition coefficient (Wildman–Crippen LogP) is 3.54. The maximum absolute atomic E-state index is 12.3. The molecule has 2 rings (SSSR count). The molecule has 0 spiro atoms.